The maximum absolute atomic E-state index is 8.63. The third kappa shape index (κ3) is 6.00. The van der Waals surface area contributed by atoms with Crippen LogP contribution in [-0.4, -0.2) is 24.4 Å². The van der Waals surface area contributed by atoms with Crippen molar-refractivity contribution in [3.63, 3.8) is 0 Å². The SMILES string of the molecule is C1C2CC3CC1CC(C2)C3.Oc1ccccc1.c1ccc(OCC2CO2)cc1. The third-order valence-corrected chi connectivity index (χ3v) is 6.34. The Morgan fingerprint density at radius 3 is 1.50 bits per heavy atom. The maximum Gasteiger partial charge on any atom is 0.119 e. The molecule has 0 amide bonds. The highest BCUT2D eigenvalue weighted by atomic mass is 16.6. The van der Waals surface area contributed by atoms with Gasteiger partial charge in [0.05, 0.1) is 6.61 Å². The van der Waals surface area contributed by atoms with Crippen molar-refractivity contribution in [2.24, 2.45) is 23.7 Å². The zero-order valence-electron chi connectivity index (χ0n) is 16.6. The molecule has 1 aliphatic heterocycles. The van der Waals surface area contributed by atoms with Gasteiger partial charge in [-0.2, -0.15) is 0 Å². The topological polar surface area (TPSA) is 42.0 Å². The van der Waals surface area contributed by atoms with Crippen LogP contribution in [0.2, 0.25) is 0 Å². The molecule has 7 rings (SSSR count). The van der Waals surface area contributed by atoms with Gasteiger partial charge in [0, 0.05) is 0 Å². The van der Waals surface area contributed by atoms with E-state index in [2.05, 4.69) is 0 Å². The average molecular weight is 381 g/mol. The fourth-order valence-corrected chi connectivity index (χ4v) is 5.28. The zero-order chi connectivity index (χ0) is 19.2. The molecule has 1 N–H and O–H groups in total. The molecule has 1 atom stereocenters. The smallest absolute Gasteiger partial charge is 0.119 e. The second-order valence-electron chi connectivity index (χ2n) is 8.79. The summed E-state index contributed by atoms with van der Waals surface area (Å²) in [7, 11) is 0. The molecule has 3 nitrogen and oxygen atoms in total. The van der Waals surface area contributed by atoms with Crippen molar-refractivity contribution < 1.29 is 14.6 Å². The van der Waals surface area contributed by atoms with Crippen LogP contribution in [0.15, 0.2) is 60.7 Å². The number of para-hydroxylation sites is 2. The third-order valence-electron chi connectivity index (χ3n) is 6.34. The minimum Gasteiger partial charge on any atom is -0.508 e. The summed E-state index contributed by atoms with van der Waals surface area (Å²) < 4.78 is 10.4. The highest BCUT2D eigenvalue weighted by Gasteiger charge is 2.41. The van der Waals surface area contributed by atoms with E-state index in [1.54, 1.807) is 62.8 Å². The summed E-state index contributed by atoms with van der Waals surface area (Å²) in [4.78, 5) is 0. The van der Waals surface area contributed by atoms with Crippen LogP contribution in [0.25, 0.3) is 0 Å². The Labute approximate surface area is 168 Å². The van der Waals surface area contributed by atoms with Gasteiger partial charge in [0.15, 0.2) is 0 Å². The maximum atomic E-state index is 8.63. The molecular weight excluding hydrogens is 348 g/mol. The molecule has 5 aliphatic rings. The van der Waals surface area contributed by atoms with E-state index in [0.29, 0.717) is 18.5 Å². The van der Waals surface area contributed by atoms with Crippen molar-refractivity contribution in [2.45, 2.75) is 44.6 Å². The quantitative estimate of drug-likeness (QED) is 0.696. The number of aromatic hydroxyl groups is 1. The first-order valence-electron chi connectivity index (χ1n) is 10.8. The molecule has 1 unspecified atom stereocenters. The van der Waals surface area contributed by atoms with Gasteiger partial charge in [0.1, 0.15) is 24.2 Å². The summed E-state index contributed by atoms with van der Waals surface area (Å²) in [6.45, 7) is 1.54. The Morgan fingerprint density at radius 2 is 1.14 bits per heavy atom. The fraction of sp³-hybridized carbons (Fsp3) is 0.520. The van der Waals surface area contributed by atoms with Crippen LogP contribution in [0.5, 0.6) is 11.5 Å². The normalized spacial score (nSPS) is 31.1. The van der Waals surface area contributed by atoms with Crippen molar-refractivity contribution in [3.05, 3.63) is 60.7 Å². The molecule has 1 heterocycles. The second kappa shape index (κ2) is 9.47. The van der Waals surface area contributed by atoms with Gasteiger partial charge < -0.3 is 14.6 Å². The molecule has 0 spiro atoms. The van der Waals surface area contributed by atoms with E-state index in [1.165, 1.54) is 23.7 Å². The van der Waals surface area contributed by atoms with E-state index < -0.39 is 0 Å². The van der Waals surface area contributed by atoms with Gasteiger partial charge in [-0.3, -0.25) is 0 Å². The molecule has 2 aromatic rings. The monoisotopic (exact) mass is 380 g/mol. The van der Waals surface area contributed by atoms with Crippen molar-refractivity contribution in [2.75, 3.05) is 13.2 Å². The molecule has 4 saturated carbocycles. The molecule has 28 heavy (non-hydrogen) atoms. The molecule has 4 bridgehead atoms. The lowest BCUT2D eigenvalue weighted by molar-refractivity contribution is 0.0198. The summed E-state index contributed by atoms with van der Waals surface area (Å²) >= 11 is 0. The van der Waals surface area contributed by atoms with Crippen LogP contribution in [0.4, 0.5) is 0 Å². The van der Waals surface area contributed by atoms with Crippen LogP contribution >= 0.6 is 0 Å². The standard InChI is InChI=1S/C10H16.C9H10O2.C6H6O/c1-7-2-9-4-8(1)5-10(3-7)6-9;1-2-4-8(5-3-1)10-6-9-7-11-9;7-6-4-2-1-3-5-6/h7-10H,1-6H2;1-5,9H,6-7H2;1-5,7H. The highest BCUT2D eigenvalue weighted by Crippen LogP contribution is 2.53. The van der Waals surface area contributed by atoms with E-state index in [9.17, 15) is 0 Å². The fourth-order valence-electron chi connectivity index (χ4n) is 5.28. The van der Waals surface area contributed by atoms with Gasteiger partial charge in [-0.15, -0.1) is 0 Å². The Morgan fingerprint density at radius 1 is 0.714 bits per heavy atom. The Kier molecular flexibility index (Phi) is 6.53. The predicted molar refractivity (Wildman–Crippen MR) is 111 cm³/mol. The van der Waals surface area contributed by atoms with E-state index in [4.69, 9.17) is 14.6 Å². The largest absolute Gasteiger partial charge is 0.508 e. The molecule has 2 aromatic carbocycles. The average Bonchev–Trinajstić information content (AvgIpc) is 3.52. The zero-order valence-corrected chi connectivity index (χ0v) is 16.6. The summed E-state index contributed by atoms with van der Waals surface area (Å²) in [5.41, 5.74) is 0. The molecule has 1 saturated heterocycles. The van der Waals surface area contributed by atoms with Gasteiger partial charge >= 0.3 is 0 Å². The minimum absolute atomic E-state index is 0.322. The number of phenols is 1. The second-order valence-corrected chi connectivity index (χ2v) is 8.79. The number of hydrogen-bond donors (Lipinski definition) is 1. The number of hydrogen-bond acceptors (Lipinski definition) is 3. The predicted octanol–water partition coefficient (Wildman–Crippen LogP) is 5.69. The van der Waals surface area contributed by atoms with Gasteiger partial charge in [0.25, 0.3) is 0 Å². The van der Waals surface area contributed by atoms with Crippen LogP contribution in [0.1, 0.15) is 38.5 Å². The molecule has 0 aromatic heterocycles. The summed E-state index contributed by atoms with van der Waals surface area (Å²) in [6.07, 6.45) is 9.97. The van der Waals surface area contributed by atoms with E-state index in [-0.39, 0.29) is 0 Å². The van der Waals surface area contributed by atoms with Gasteiger partial charge in [-0.1, -0.05) is 36.4 Å². The number of benzene rings is 2. The first-order valence-corrected chi connectivity index (χ1v) is 10.8. The first-order chi connectivity index (χ1) is 13.7. The summed E-state index contributed by atoms with van der Waals surface area (Å²) in [5.74, 6) is 5.95. The number of epoxide rings is 1. The van der Waals surface area contributed by atoms with Crippen molar-refractivity contribution in [1.82, 2.24) is 0 Å². The molecular formula is C25H32O3. The first kappa shape index (κ1) is 19.3. The lowest BCUT2D eigenvalue weighted by atomic mass is 9.56. The molecule has 3 heteroatoms. The van der Waals surface area contributed by atoms with Gasteiger partial charge in [-0.05, 0) is 86.5 Å². The van der Waals surface area contributed by atoms with Crippen molar-refractivity contribution in [3.8, 4) is 11.5 Å². The number of rotatable bonds is 3. The minimum atomic E-state index is 0.322. The van der Waals surface area contributed by atoms with E-state index >= 15 is 0 Å². The van der Waals surface area contributed by atoms with E-state index in [1.807, 2.05) is 36.4 Å². The number of ether oxygens (including phenoxy) is 2. The van der Waals surface area contributed by atoms with Crippen LogP contribution in [0.3, 0.4) is 0 Å². The van der Waals surface area contributed by atoms with Gasteiger partial charge in [-0.25, -0.2) is 0 Å². The van der Waals surface area contributed by atoms with Crippen molar-refractivity contribution >= 4 is 0 Å². The lowest BCUT2D eigenvalue weighted by Gasteiger charge is -2.49. The molecule has 0 radical (unpaired) electrons. The van der Waals surface area contributed by atoms with Gasteiger partial charge in [0.2, 0.25) is 0 Å². The Hall–Kier alpha value is -2.00. The number of phenolic OH excluding ortho intramolecular Hbond substituents is 1. The molecule has 4 aliphatic carbocycles. The Bertz CT molecular complexity index is 640. The van der Waals surface area contributed by atoms with Crippen LogP contribution < -0.4 is 4.74 Å². The van der Waals surface area contributed by atoms with Crippen molar-refractivity contribution in [1.29, 1.82) is 0 Å². The summed E-state index contributed by atoms with van der Waals surface area (Å²) in [5, 5.41) is 8.63. The molecule has 5 fully saturated rings. The van der Waals surface area contributed by atoms with E-state index in [0.717, 1.165) is 12.4 Å². The van der Waals surface area contributed by atoms with Crippen LogP contribution in [-0.2, 0) is 4.74 Å². The lowest BCUT2D eigenvalue weighted by Crippen LogP contribution is -2.38. The Balaban J connectivity index is 0.000000106. The highest BCUT2D eigenvalue weighted by molar-refractivity contribution is 5.21. The molecule has 150 valence electrons. The van der Waals surface area contributed by atoms with Crippen LogP contribution in [0, 0.1) is 23.7 Å². The summed E-state index contributed by atoms with van der Waals surface area (Å²) in [6, 6.07) is 18.5.